The Morgan fingerprint density at radius 1 is 1.26 bits per heavy atom. The molecule has 0 radical (unpaired) electrons. The van der Waals surface area contributed by atoms with E-state index >= 15 is 0 Å². The Kier molecular flexibility index (Phi) is 5.95. The summed E-state index contributed by atoms with van der Waals surface area (Å²) in [6.45, 7) is 4.19. The zero-order valence-electron chi connectivity index (χ0n) is 15.5. The SMILES string of the molecule is CCOC(=O)CC1C(c2ccc(F)c(OC)c2)=Nc2ccc(Br)cc2C1C. The summed E-state index contributed by atoms with van der Waals surface area (Å²) in [6.07, 6.45) is 0.208. The van der Waals surface area contributed by atoms with E-state index in [0.717, 1.165) is 27.0 Å². The van der Waals surface area contributed by atoms with E-state index in [1.807, 2.05) is 18.2 Å². The smallest absolute Gasteiger partial charge is 0.306 e. The Morgan fingerprint density at radius 2 is 2.04 bits per heavy atom. The van der Waals surface area contributed by atoms with Crippen LogP contribution >= 0.6 is 15.9 Å². The lowest BCUT2D eigenvalue weighted by Gasteiger charge is -2.31. The molecule has 2 aromatic rings. The molecule has 1 aliphatic rings. The number of ether oxygens (including phenoxy) is 2. The predicted molar refractivity (Wildman–Crippen MR) is 106 cm³/mol. The lowest BCUT2D eigenvalue weighted by atomic mass is 9.77. The summed E-state index contributed by atoms with van der Waals surface area (Å²) in [5.74, 6) is -0.683. The lowest BCUT2D eigenvalue weighted by molar-refractivity contribution is -0.143. The first-order valence-electron chi connectivity index (χ1n) is 8.82. The van der Waals surface area contributed by atoms with Gasteiger partial charge in [0.25, 0.3) is 0 Å². The van der Waals surface area contributed by atoms with Gasteiger partial charge in [0.1, 0.15) is 0 Å². The molecule has 0 N–H and O–H groups in total. The predicted octanol–water partition coefficient (Wildman–Crippen LogP) is 5.40. The summed E-state index contributed by atoms with van der Waals surface area (Å²) in [6, 6.07) is 10.6. The number of halogens is 2. The first kappa shape index (κ1) is 19.5. The van der Waals surface area contributed by atoms with Crippen LogP contribution in [-0.2, 0) is 9.53 Å². The normalized spacial score (nSPS) is 18.5. The van der Waals surface area contributed by atoms with Gasteiger partial charge >= 0.3 is 5.97 Å². The molecule has 0 spiro atoms. The highest BCUT2D eigenvalue weighted by atomic mass is 79.9. The third-order valence-corrected chi connectivity index (χ3v) is 5.31. The fraction of sp³-hybridized carbons (Fsp3) is 0.333. The molecule has 0 aliphatic carbocycles. The monoisotopic (exact) mass is 433 g/mol. The van der Waals surface area contributed by atoms with Crippen molar-refractivity contribution in [3.63, 3.8) is 0 Å². The standard InChI is InChI=1S/C21H21BrFNO3/c1-4-27-20(25)11-16-12(2)15-10-14(22)6-8-18(15)24-21(16)13-5-7-17(23)19(9-13)26-3/h5-10,12,16H,4,11H2,1-3H3. The Hall–Kier alpha value is -2.21. The number of hydrogen-bond acceptors (Lipinski definition) is 4. The fourth-order valence-corrected chi connectivity index (χ4v) is 3.81. The number of hydrogen-bond donors (Lipinski definition) is 0. The number of benzene rings is 2. The molecule has 6 heteroatoms. The van der Waals surface area contributed by atoms with Crippen molar-refractivity contribution in [2.45, 2.75) is 26.2 Å². The van der Waals surface area contributed by atoms with Crippen molar-refractivity contribution < 1.29 is 18.7 Å². The Morgan fingerprint density at radius 3 is 2.74 bits per heavy atom. The highest BCUT2D eigenvalue weighted by Crippen LogP contribution is 2.42. The molecule has 0 fully saturated rings. The van der Waals surface area contributed by atoms with Crippen LogP contribution in [0.2, 0.25) is 0 Å². The van der Waals surface area contributed by atoms with Crippen LogP contribution < -0.4 is 4.74 Å². The molecule has 0 bridgehead atoms. The van der Waals surface area contributed by atoms with E-state index in [0.29, 0.717) is 6.61 Å². The van der Waals surface area contributed by atoms with Crippen molar-refractivity contribution in [3.8, 4) is 5.75 Å². The zero-order chi connectivity index (χ0) is 19.6. The van der Waals surface area contributed by atoms with Crippen LogP contribution in [0.1, 0.15) is 37.3 Å². The third kappa shape index (κ3) is 4.05. The Balaban J connectivity index is 2.10. The van der Waals surface area contributed by atoms with Gasteiger partial charge in [-0.1, -0.05) is 22.9 Å². The highest BCUT2D eigenvalue weighted by Gasteiger charge is 2.33. The van der Waals surface area contributed by atoms with Crippen molar-refractivity contribution in [1.29, 1.82) is 0 Å². The van der Waals surface area contributed by atoms with Gasteiger partial charge in [0.2, 0.25) is 0 Å². The molecule has 2 atom stereocenters. The highest BCUT2D eigenvalue weighted by molar-refractivity contribution is 9.10. The maximum Gasteiger partial charge on any atom is 0.306 e. The number of methoxy groups -OCH3 is 1. The lowest BCUT2D eigenvalue weighted by Crippen LogP contribution is -2.28. The van der Waals surface area contributed by atoms with Crippen molar-refractivity contribution in [2.24, 2.45) is 10.9 Å². The first-order valence-corrected chi connectivity index (χ1v) is 9.61. The molecule has 27 heavy (non-hydrogen) atoms. The van der Waals surface area contributed by atoms with Gasteiger partial charge in [0.15, 0.2) is 11.6 Å². The molecule has 3 rings (SSSR count). The number of carbonyl (C=O) groups excluding carboxylic acids is 1. The molecular formula is C21H21BrFNO3. The van der Waals surface area contributed by atoms with Crippen LogP contribution in [0.15, 0.2) is 45.9 Å². The molecule has 0 amide bonds. The zero-order valence-corrected chi connectivity index (χ0v) is 17.0. The maximum absolute atomic E-state index is 13.9. The number of aliphatic imine (C=N–C) groups is 1. The summed E-state index contributed by atoms with van der Waals surface area (Å²) < 4.78 is 25.1. The van der Waals surface area contributed by atoms with Crippen molar-refractivity contribution in [1.82, 2.24) is 0 Å². The topological polar surface area (TPSA) is 47.9 Å². The van der Waals surface area contributed by atoms with E-state index in [2.05, 4.69) is 22.9 Å². The van der Waals surface area contributed by atoms with Crippen LogP contribution in [0.3, 0.4) is 0 Å². The average molecular weight is 434 g/mol. The third-order valence-electron chi connectivity index (χ3n) is 4.81. The van der Waals surface area contributed by atoms with Gasteiger partial charge in [0.05, 0.1) is 31.5 Å². The Bertz CT molecular complexity index is 897. The number of carbonyl (C=O) groups is 1. The van der Waals surface area contributed by atoms with Crippen LogP contribution in [0.4, 0.5) is 10.1 Å². The summed E-state index contributed by atoms with van der Waals surface area (Å²) in [5, 5.41) is 0. The second kappa shape index (κ2) is 8.21. The van der Waals surface area contributed by atoms with Gasteiger partial charge in [-0.3, -0.25) is 9.79 Å². The molecular weight excluding hydrogens is 413 g/mol. The van der Waals surface area contributed by atoms with Crippen molar-refractivity contribution >= 4 is 33.3 Å². The molecule has 2 aromatic carbocycles. The summed E-state index contributed by atoms with van der Waals surface area (Å²) >= 11 is 3.50. The summed E-state index contributed by atoms with van der Waals surface area (Å²) in [5.41, 5.74) is 3.40. The minimum Gasteiger partial charge on any atom is -0.494 e. The number of esters is 1. The minimum atomic E-state index is -0.433. The number of rotatable bonds is 5. The van der Waals surface area contributed by atoms with E-state index in [-0.39, 0.29) is 30.0 Å². The molecule has 0 saturated carbocycles. The number of nitrogens with zero attached hydrogens (tertiary/aromatic N) is 1. The van der Waals surface area contributed by atoms with E-state index in [4.69, 9.17) is 14.5 Å². The quantitative estimate of drug-likeness (QED) is 0.592. The van der Waals surface area contributed by atoms with Gasteiger partial charge in [0, 0.05) is 16.0 Å². The fourth-order valence-electron chi connectivity index (χ4n) is 3.43. The second-order valence-corrected chi connectivity index (χ2v) is 7.37. The molecule has 1 aliphatic heterocycles. The maximum atomic E-state index is 13.9. The summed E-state index contributed by atoms with van der Waals surface area (Å²) in [7, 11) is 1.43. The van der Waals surface area contributed by atoms with Crippen molar-refractivity contribution in [2.75, 3.05) is 13.7 Å². The van der Waals surface area contributed by atoms with Gasteiger partial charge in [-0.25, -0.2) is 4.39 Å². The average Bonchev–Trinajstić information content (AvgIpc) is 2.65. The van der Waals surface area contributed by atoms with Gasteiger partial charge in [-0.05, 0) is 54.8 Å². The van der Waals surface area contributed by atoms with Crippen LogP contribution in [0, 0.1) is 11.7 Å². The molecule has 0 saturated heterocycles. The van der Waals surface area contributed by atoms with E-state index in [1.54, 1.807) is 19.1 Å². The summed E-state index contributed by atoms with van der Waals surface area (Å²) in [4.78, 5) is 17.0. The van der Waals surface area contributed by atoms with E-state index < -0.39 is 5.82 Å². The van der Waals surface area contributed by atoms with Crippen LogP contribution in [0.5, 0.6) is 5.75 Å². The van der Waals surface area contributed by atoms with Gasteiger partial charge in [-0.15, -0.1) is 0 Å². The first-order chi connectivity index (χ1) is 12.9. The molecule has 142 valence electrons. The van der Waals surface area contributed by atoms with Gasteiger partial charge < -0.3 is 9.47 Å². The van der Waals surface area contributed by atoms with E-state index in [1.165, 1.54) is 13.2 Å². The van der Waals surface area contributed by atoms with E-state index in [9.17, 15) is 9.18 Å². The van der Waals surface area contributed by atoms with Gasteiger partial charge in [-0.2, -0.15) is 0 Å². The molecule has 2 unspecified atom stereocenters. The largest absolute Gasteiger partial charge is 0.494 e. The second-order valence-electron chi connectivity index (χ2n) is 6.45. The Labute approximate surface area is 166 Å². The molecule has 0 aromatic heterocycles. The molecule has 4 nitrogen and oxygen atoms in total. The molecule has 1 heterocycles. The van der Waals surface area contributed by atoms with Crippen LogP contribution in [0.25, 0.3) is 0 Å². The minimum absolute atomic E-state index is 0.0467. The van der Waals surface area contributed by atoms with Crippen LogP contribution in [-0.4, -0.2) is 25.4 Å². The number of fused-ring (bicyclic) bond motifs is 1. The van der Waals surface area contributed by atoms with Crippen molar-refractivity contribution in [3.05, 3.63) is 57.8 Å².